The van der Waals surface area contributed by atoms with Crippen molar-refractivity contribution in [3.8, 4) is 5.19 Å². The van der Waals surface area contributed by atoms with E-state index in [0.29, 0.717) is 36.0 Å². The molecule has 0 unspecified atom stereocenters. The number of nitrogens with zero attached hydrogens (tertiary/aromatic N) is 2. The van der Waals surface area contributed by atoms with Crippen LogP contribution in [0.25, 0.3) is 0 Å². The molecular weight excluding hydrogens is 320 g/mol. The van der Waals surface area contributed by atoms with Gasteiger partial charge >= 0.3 is 12.1 Å². The summed E-state index contributed by atoms with van der Waals surface area (Å²) in [4.78, 5) is 29.5. The third-order valence-electron chi connectivity index (χ3n) is 3.23. The van der Waals surface area contributed by atoms with E-state index in [1.54, 1.807) is 4.90 Å². The highest BCUT2D eigenvalue weighted by Crippen LogP contribution is 2.25. The zero-order chi connectivity index (χ0) is 17.0. The van der Waals surface area contributed by atoms with Crippen LogP contribution in [0, 0.1) is 0 Å². The van der Waals surface area contributed by atoms with Gasteiger partial charge in [-0.1, -0.05) is 11.3 Å². The summed E-state index contributed by atoms with van der Waals surface area (Å²) in [5, 5.41) is 0.445. The molecule has 0 aliphatic carbocycles. The molecule has 0 radical (unpaired) electrons. The minimum absolute atomic E-state index is 0.0228. The monoisotopic (exact) mass is 342 g/mol. The fraction of sp³-hybridized carbons (Fsp3) is 0.667. The van der Waals surface area contributed by atoms with Crippen LogP contribution in [0.5, 0.6) is 5.19 Å². The second-order valence-electron chi connectivity index (χ2n) is 6.27. The number of piperidine rings is 1. The number of carbonyl (C=O) groups excluding carboxylic acids is 2. The molecular formula is C15H22N2O5S. The standard InChI is InChI=1S/C15H22N2O5S/c1-15(2,3)22-14(19)17-7-5-10(6-8-17)21-13-16-9-11(23-13)12(18)20-4/h9-10H,5-8H2,1-4H3. The number of esters is 1. The van der Waals surface area contributed by atoms with Gasteiger partial charge in [0.15, 0.2) is 0 Å². The molecule has 8 heteroatoms. The van der Waals surface area contributed by atoms with Gasteiger partial charge in [-0.15, -0.1) is 0 Å². The zero-order valence-electron chi connectivity index (χ0n) is 13.8. The number of carbonyl (C=O) groups is 2. The SMILES string of the molecule is COC(=O)c1cnc(OC2CCN(C(=O)OC(C)(C)C)CC2)s1. The van der Waals surface area contributed by atoms with Gasteiger partial charge in [0, 0.05) is 25.9 Å². The lowest BCUT2D eigenvalue weighted by molar-refractivity contribution is 0.0126. The molecule has 1 fully saturated rings. The van der Waals surface area contributed by atoms with Gasteiger partial charge < -0.3 is 19.1 Å². The van der Waals surface area contributed by atoms with E-state index in [0.717, 1.165) is 11.3 Å². The summed E-state index contributed by atoms with van der Waals surface area (Å²) < 4.78 is 15.8. The molecule has 0 saturated carbocycles. The molecule has 1 amide bonds. The van der Waals surface area contributed by atoms with Gasteiger partial charge in [0.1, 0.15) is 16.6 Å². The average Bonchev–Trinajstić information content (AvgIpc) is 2.94. The van der Waals surface area contributed by atoms with E-state index in [2.05, 4.69) is 9.72 Å². The summed E-state index contributed by atoms with van der Waals surface area (Å²) in [5.74, 6) is -0.419. The maximum Gasteiger partial charge on any atom is 0.410 e. The van der Waals surface area contributed by atoms with Crippen molar-refractivity contribution in [1.29, 1.82) is 0 Å². The largest absolute Gasteiger partial charge is 0.467 e. The van der Waals surface area contributed by atoms with Crippen molar-refractivity contribution in [2.75, 3.05) is 20.2 Å². The number of thiazole rings is 1. The quantitative estimate of drug-likeness (QED) is 0.786. The highest BCUT2D eigenvalue weighted by molar-refractivity contribution is 7.15. The fourth-order valence-corrected chi connectivity index (χ4v) is 2.88. The van der Waals surface area contributed by atoms with Crippen LogP contribution >= 0.6 is 11.3 Å². The molecule has 23 heavy (non-hydrogen) atoms. The molecule has 1 aromatic heterocycles. The minimum Gasteiger partial charge on any atom is -0.467 e. The summed E-state index contributed by atoms with van der Waals surface area (Å²) in [6, 6.07) is 0. The van der Waals surface area contributed by atoms with Crippen LogP contribution in [0.4, 0.5) is 4.79 Å². The lowest BCUT2D eigenvalue weighted by Crippen LogP contribution is -2.44. The summed E-state index contributed by atoms with van der Waals surface area (Å²) in [6.45, 7) is 6.70. The molecule has 128 valence electrons. The summed E-state index contributed by atoms with van der Waals surface area (Å²) in [7, 11) is 1.33. The molecule has 2 heterocycles. The fourth-order valence-electron chi connectivity index (χ4n) is 2.13. The Balaban J connectivity index is 1.82. The maximum absolute atomic E-state index is 12.0. The molecule has 1 saturated heterocycles. The van der Waals surface area contributed by atoms with Gasteiger partial charge in [-0.3, -0.25) is 0 Å². The number of ether oxygens (including phenoxy) is 3. The predicted octanol–water partition coefficient (Wildman–Crippen LogP) is 2.71. The van der Waals surface area contributed by atoms with Crippen LogP contribution < -0.4 is 4.74 Å². The highest BCUT2D eigenvalue weighted by atomic mass is 32.1. The number of amides is 1. The van der Waals surface area contributed by atoms with Crippen molar-refractivity contribution in [2.24, 2.45) is 0 Å². The second kappa shape index (κ2) is 7.16. The number of hydrogen-bond donors (Lipinski definition) is 0. The van der Waals surface area contributed by atoms with Crippen LogP contribution in [0.15, 0.2) is 6.20 Å². The van der Waals surface area contributed by atoms with Crippen LogP contribution in [-0.2, 0) is 9.47 Å². The van der Waals surface area contributed by atoms with Crippen molar-refractivity contribution in [2.45, 2.75) is 45.3 Å². The van der Waals surface area contributed by atoms with E-state index in [1.807, 2.05) is 20.8 Å². The molecule has 7 nitrogen and oxygen atoms in total. The average molecular weight is 342 g/mol. The molecule has 0 atom stereocenters. The molecule has 1 aromatic rings. The van der Waals surface area contributed by atoms with Crippen LogP contribution in [0.2, 0.25) is 0 Å². The first-order valence-corrected chi connectivity index (χ1v) is 8.29. The van der Waals surface area contributed by atoms with E-state index < -0.39 is 11.6 Å². The Labute approximate surface area is 139 Å². The van der Waals surface area contributed by atoms with E-state index in [1.165, 1.54) is 13.3 Å². The molecule has 1 aliphatic rings. The number of rotatable bonds is 3. The van der Waals surface area contributed by atoms with Crippen molar-refractivity contribution < 1.29 is 23.8 Å². The van der Waals surface area contributed by atoms with Crippen molar-refractivity contribution in [3.05, 3.63) is 11.1 Å². The normalized spacial score (nSPS) is 16.1. The third kappa shape index (κ3) is 5.09. The van der Waals surface area contributed by atoms with Crippen molar-refractivity contribution in [1.82, 2.24) is 9.88 Å². The lowest BCUT2D eigenvalue weighted by atomic mass is 10.1. The highest BCUT2D eigenvalue weighted by Gasteiger charge is 2.28. The molecule has 0 aromatic carbocycles. The summed E-state index contributed by atoms with van der Waals surface area (Å²) in [5.41, 5.74) is -0.490. The van der Waals surface area contributed by atoms with E-state index in [9.17, 15) is 9.59 Å². The number of likely N-dealkylation sites (tertiary alicyclic amines) is 1. The Bertz CT molecular complexity index is 558. The van der Waals surface area contributed by atoms with Gasteiger partial charge in [0.25, 0.3) is 5.19 Å². The number of hydrogen-bond acceptors (Lipinski definition) is 7. The van der Waals surface area contributed by atoms with Gasteiger partial charge in [-0.2, -0.15) is 0 Å². The first kappa shape index (κ1) is 17.5. The van der Waals surface area contributed by atoms with Crippen LogP contribution in [0.3, 0.4) is 0 Å². The van der Waals surface area contributed by atoms with E-state index in [4.69, 9.17) is 9.47 Å². The topological polar surface area (TPSA) is 78.0 Å². The third-order valence-corrected chi connectivity index (χ3v) is 4.10. The number of methoxy groups -OCH3 is 1. The maximum atomic E-state index is 12.0. The number of aromatic nitrogens is 1. The summed E-state index contributed by atoms with van der Waals surface area (Å²) in [6.07, 6.45) is 2.53. The molecule has 0 N–H and O–H groups in total. The first-order chi connectivity index (χ1) is 10.8. The van der Waals surface area contributed by atoms with E-state index >= 15 is 0 Å². The Kier molecular flexibility index (Phi) is 5.46. The Morgan fingerprint density at radius 3 is 2.52 bits per heavy atom. The molecule has 0 spiro atoms. The second-order valence-corrected chi connectivity index (χ2v) is 7.26. The van der Waals surface area contributed by atoms with Gasteiger partial charge in [-0.25, -0.2) is 14.6 Å². The minimum atomic E-state index is -0.490. The summed E-state index contributed by atoms with van der Waals surface area (Å²) >= 11 is 1.16. The van der Waals surface area contributed by atoms with Crippen LogP contribution in [-0.4, -0.2) is 53.9 Å². The Morgan fingerprint density at radius 1 is 1.30 bits per heavy atom. The van der Waals surface area contributed by atoms with Crippen molar-refractivity contribution >= 4 is 23.4 Å². The molecule has 0 bridgehead atoms. The smallest absolute Gasteiger partial charge is 0.410 e. The van der Waals surface area contributed by atoms with Crippen molar-refractivity contribution in [3.63, 3.8) is 0 Å². The predicted molar refractivity (Wildman–Crippen MR) is 84.9 cm³/mol. The Hall–Kier alpha value is -1.83. The zero-order valence-corrected chi connectivity index (χ0v) is 14.6. The Morgan fingerprint density at radius 2 is 1.96 bits per heavy atom. The molecule has 1 aliphatic heterocycles. The van der Waals surface area contributed by atoms with Crippen LogP contribution in [0.1, 0.15) is 43.3 Å². The van der Waals surface area contributed by atoms with Gasteiger partial charge in [0.05, 0.1) is 13.3 Å². The van der Waals surface area contributed by atoms with E-state index in [-0.39, 0.29) is 12.2 Å². The van der Waals surface area contributed by atoms with Gasteiger partial charge in [0.2, 0.25) is 0 Å². The first-order valence-electron chi connectivity index (χ1n) is 7.47. The molecule has 2 rings (SSSR count). The lowest BCUT2D eigenvalue weighted by Gasteiger charge is -2.33. The van der Waals surface area contributed by atoms with Gasteiger partial charge in [-0.05, 0) is 20.8 Å².